The van der Waals surface area contributed by atoms with Crippen molar-refractivity contribution in [2.24, 2.45) is 0 Å². The number of rotatable bonds is 7. The van der Waals surface area contributed by atoms with Gasteiger partial charge in [-0.25, -0.2) is 0 Å². The average molecular weight is 252 g/mol. The van der Waals surface area contributed by atoms with Gasteiger partial charge in [0.1, 0.15) is 5.75 Å². The van der Waals surface area contributed by atoms with Crippen LogP contribution in [-0.2, 0) is 11.4 Å². The highest BCUT2D eigenvalue weighted by Crippen LogP contribution is 2.12. The van der Waals surface area contributed by atoms with E-state index in [1.54, 1.807) is 36.2 Å². The lowest BCUT2D eigenvalue weighted by atomic mass is 10.2. The van der Waals surface area contributed by atoms with Crippen molar-refractivity contribution in [3.63, 3.8) is 0 Å². The van der Waals surface area contributed by atoms with Crippen molar-refractivity contribution in [3.8, 4) is 5.75 Å². The molecule has 0 saturated heterocycles. The molecular formula is C13H20N2O3. The lowest BCUT2D eigenvalue weighted by molar-refractivity contribution is -0.131. The standard InChI is InChI=1S/C13H20N2O3/c1-14-7-8-15(2)13(17)10-18-12-5-3-11(9-16)4-6-12/h3-6,14,16H,7-10H2,1-2H3. The highest BCUT2D eigenvalue weighted by atomic mass is 16.5. The number of carbonyl (C=O) groups is 1. The van der Waals surface area contributed by atoms with Crippen LogP contribution in [0, 0.1) is 0 Å². The summed E-state index contributed by atoms with van der Waals surface area (Å²) in [6.45, 7) is 1.44. The van der Waals surface area contributed by atoms with Gasteiger partial charge in [-0.05, 0) is 24.7 Å². The zero-order chi connectivity index (χ0) is 13.4. The Morgan fingerprint density at radius 1 is 1.39 bits per heavy atom. The zero-order valence-electron chi connectivity index (χ0n) is 10.8. The predicted octanol–water partition coefficient (Wildman–Crippen LogP) is 0.235. The fourth-order valence-corrected chi connectivity index (χ4v) is 1.35. The number of aliphatic hydroxyl groups is 1. The van der Waals surface area contributed by atoms with Crippen molar-refractivity contribution in [2.45, 2.75) is 6.61 Å². The summed E-state index contributed by atoms with van der Waals surface area (Å²) in [5.74, 6) is 0.569. The number of ether oxygens (including phenoxy) is 1. The monoisotopic (exact) mass is 252 g/mol. The Bertz CT molecular complexity index is 365. The maximum Gasteiger partial charge on any atom is 0.260 e. The number of benzene rings is 1. The second-order valence-electron chi connectivity index (χ2n) is 4.01. The normalized spacial score (nSPS) is 10.2. The second kappa shape index (κ2) is 7.68. The molecule has 0 atom stereocenters. The first kappa shape index (κ1) is 14.5. The Labute approximate surface area is 107 Å². The Balaban J connectivity index is 2.37. The molecule has 5 heteroatoms. The third kappa shape index (κ3) is 4.73. The first-order valence-corrected chi connectivity index (χ1v) is 5.88. The molecule has 0 aliphatic carbocycles. The minimum absolute atomic E-state index is 0.00592. The summed E-state index contributed by atoms with van der Waals surface area (Å²) in [7, 11) is 3.59. The van der Waals surface area contributed by atoms with Gasteiger partial charge in [0.2, 0.25) is 0 Å². The number of likely N-dealkylation sites (N-methyl/N-ethyl adjacent to an activating group) is 2. The largest absolute Gasteiger partial charge is 0.484 e. The van der Waals surface area contributed by atoms with Gasteiger partial charge in [0.15, 0.2) is 6.61 Å². The number of aliphatic hydroxyl groups excluding tert-OH is 1. The molecule has 0 aliphatic heterocycles. The Kier molecular flexibility index (Phi) is 6.18. The van der Waals surface area contributed by atoms with E-state index < -0.39 is 0 Å². The lowest BCUT2D eigenvalue weighted by Gasteiger charge is -2.17. The molecule has 0 unspecified atom stereocenters. The number of hydrogen-bond acceptors (Lipinski definition) is 4. The summed E-state index contributed by atoms with van der Waals surface area (Å²) < 4.78 is 5.38. The summed E-state index contributed by atoms with van der Waals surface area (Å²) >= 11 is 0. The third-order valence-electron chi connectivity index (χ3n) is 2.59. The van der Waals surface area contributed by atoms with E-state index in [4.69, 9.17) is 9.84 Å². The van der Waals surface area contributed by atoms with Gasteiger partial charge in [0.05, 0.1) is 6.61 Å². The fraction of sp³-hybridized carbons (Fsp3) is 0.462. The van der Waals surface area contributed by atoms with Crippen molar-refractivity contribution in [3.05, 3.63) is 29.8 Å². The van der Waals surface area contributed by atoms with Crippen LogP contribution in [0.1, 0.15) is 5.56 Å². The van der Waals surface area contributed by atoms with E-state index in [0.29, 0.717) is 12.3 Å². The van der Waals surface area contributed by atoms with E-state index in [9.17, 15) is 4.79 Å². The Hall–Kier alpha value is -1.59. The second-order valence-corrected chi connectivity index (χ2v) is 4.01. The SMILES string of the molecule is CNCCN(C)C(=O)COc1ccc(CO)cc1. The van der Waals surface area contributed by atoms with Crippen LogP contribution in [0.2, 0.25) is 0 Å². The summed E-state index contributed by atoms with van der Waals surface area (Å²) in [6, 6.07) is 7.02. The van der Waals surface area contributed by atoms with Gasteiger partial charge in [-0.2, -0.15) is 0 Å². The van der Waals surface area contributed by atoms with Gasteiger partial charge < -0.3 is 20.1 Å². The number of amides is 1. The topological polar surface area (TPSA) is 61.8 Å². The average Bonchev–Trinajstić information content (AvgIpc) is 2.42. The minimum Gasteiger partial charge on any atom is -0.484 e. The van der Waals surface area contributed by atoms with Crippen LogP contribution in [0.3, 0.4) is 0 Å². The fourth-order valence-electron chi connectivity index (χ4n) is 1.35. The van der Waals surface area contributed by atoms with Gasteiger partial charge in [0, 0.05) is 20.1 Å². The van der Waals surface area contributed by atoms with Gasteiger partial charge in [-0.15, -0.1) is 0 Å². The smallest absolute Gasteiger partial charge is 0.260 e. The van der Waals surface area contributed by atoms with Crippen LogP contribution in [0.15, 0.2) is 24.3 Å². The van der Waals surface area contributed by atoms with E-state index in [-0.39, 0.29) is 19.1 Å². The molecule has 1 aromatic rings. The number of carbonyl (C=O) groups excluding carboxylic acids is 1. The summed E-state index contributed by atoms with van der Waals surface area (Å²) in [4.78, 5) is 13.3. The van der Waals surface area contributed by atoms with E-state index >= 15 is 0 Å². The quantitative estimate of drug-likeness (QED) is 0.729. The molecule has 0 fully saturated rings. The maximum atomic E-state index is 11.7. The molecule has 1 rings (SSSR count). The van der Waals surface area contributed by atoms with Gasteiger partial charge >= 0.3 is 0 Å². The molecule has 1 amide bonds. The molecule has 0 aliphatic rings. The third-order valence-corrected chi connectivity index (χ3v) is 2.59. The van der Waals surface area contributed by atoms with Crippen molar-refractivity contribution >= 4 is 5.91 Å². The number of nitrogens with zero attached hydrogens (tertiary/aromatic N) is 1. The molecule has 0 heterocycles. The van der Waals surface area contributed by atoms with Crippen LogP contribution in [0.25, 0.3) is 0 Å². The van der Waals surface area contributed by atoms with Gasteiger partial charge in [-0.1, -0.05) is 12.1 Å². The molecule has 0 aromatic heterocycles. The van der Waals surface area contributed by atoms with Crippen LogP contribution in [0.4, 0.5) is 0 Å². The van der Waals surface area contributed by atoms with E-state index in [0.717, 1.165) is 12.1 Å². The minimum atomic E-state index is -0.0588. The summed E-state index contributed by atoms with van der Waals surface area (Å²) in [5, 5.41) is 11.9. The van der Waals surface area contributed by atoms with E-state index in [1.807, 2.05) is 7.05 Å². The van der Waals surface area contributed by atoms with E-state index in [1.165, 1.54) is 0 Å². The zero-order valence-corrected chi connectivity index (χ0v) is 10.8. The Morgan fingerprint density at radius 3 is 2.61 bits per heavy atom. The van der Waals surface area contributed by atoms with Crippen molar-refractivity contribution in [1.29, 1.82) is 0 Å². The molecular weight excluding hydrogens is 232 g/mol. The molecule has 100 valence electrons. The van der Waals surface area contributed by atoms with Crippen molar-refractivity contribution < 1.29 is 14.6 Å². The van der Waals surface area contributed by atoms with Gasteiger partial charge in [-0.3, -0.25) is 4.79 Å². The molecule has 5 nitrogen and oxygen atoms in total. The van der Waals surface area contributed by atoms with Crippen LogP contribution < -0.4 is 10.1 Å². The van der Waals surface area contributed by atoms with Crippen molar-refractivity contribution in [2.75, 3.05) is 33.8 Å². The predicted molar refractivity (Wildman–Crippen MR) is 69.4 cm³/mol. The highest BCUT2D eigenvalue weighted by molar-refractivity contribution is 5.77. The molecule has 2 N–H and O–H groups in total. The molecule has 0 spiro atoms. The highest BCUT2D eigenvalue weighted by Gasteiger charge is 2.08. The maximum absolute atomic E-state index is 11.7. The summed E-state index contributed by atoms with van der Waals surface area (Å²) in [6.07, 6.45) is 0. The molecule has 0 bridgehead atoms. The Morgan fingerprint density at radius 2 is 2.06 bits per heavy atom. The summed E-state index contributed by atoms with van der Waals surface area (Å²) in [5.41, 5.74) is 0.819. The first-order valence-electron chi connectivity index (χ1n) is 5.88. The molecule has 0 radical (unpaired) electrons. The van der Waals surface area contributed by atoms with E-state index in [2.05, 4.69) is 5.32 Å². The molecule has 18 heavy (non-hydrogen) atoms. The molecule has 1 aromatic carbocycles. The van der Waals surface area contributed by atoms with Crippen LogP contribution >= 0.6 is 0 Å². The molecule has 0 saturated carbocycles. The number of nitrogens with one attached hydrogen (secondary N) is 1. The lowest BCUT2D eigenvalue weighted by Crippen LogP contribution is -2.35. The van der Waals surface area contributed by atoms with Gasteiger partial charge in [0.25, 0.3) is 5.91 Å². The van der Waals surface area contributed by atoms with Crippen LogP contribution in [-0.4, -0.2) is 49.7 Å². The first-order chi connectivity index (χ1) is 8.67. The van der Waals surface area contributed by atoms with Crippen LogP contribution in [0.5, 0.6) is 5.75 Å². The number of hydrogen-bond donors (Lipinski definition) is 2. The van der Waals surface area contributed by atoms with Crippen molar-refractivity contribution in [1.82, 2.24) is 10.2 Å².